The lowest BCUT2D eigenvalue weighted by Gasteiger charge is -2.13. The number of benzene rings is 2. The molecule has 0 bridgehead atoms. The van der Waals surface area contributed by atoms with Gasteiger partial charge in [-0.1, -0.05) is 0 Å². The van der Waals surface area contributed by atoms with Gasteiger partial charge in [0.2, 0.25) is 0 Å². The van der Waals surface area contributed by atoms with E-state index in [-0.39, 0.29) is 5.91 Å². The molecule has 0 unspecified atom stereocenters. The van der Waals surface area contributed by atoms with Crippen LogP contribution in [0.1, 0.15) is 10.4 Å². The van der Waals surface area contributed by atoms with Crippen LogP contribution in [0.4, 0.5) is 27.4 Å². The molecule has 1 amide bonds. The van der Waals surface area contributed by atoms with Crippen LogP contribution in [0.5, 0.6) is 0 Å². The molecule has 0 saturated heterocycles. The van der Waals surface area contributed by atoms with Gasteiger partial charge in [-0.15, -0.1) is 10.2 Å². The Morgan fingerprint density at radius 3 is 2.08 bits per heavy atom. The van der Waals surface area contributed by atoms with Gasteiger partial charge in [0.25, 0.3) is 5.91 Å². The zero-order valence-electron chi connectivity index (χ0n) is 14.4. The Morgan fingerprint density at radius 2 is 1.50 bits per heavy atom. The van der Waals surface area contributed by atoms with Crippen LogP contribution >= 0.6 is 0 Å². The molecule has 2 N–H and O–H groups in total. The number of carbonyl (C=O) groups excluding carboxylic acids is 1. The Bertz CT molecular complexity index is 877. The first-order valence-corrected chi connectivity index (χ1v) is 7.96. The minimum Gasteiger partial charge on any atom is -0.378 e. The molecule has 3 rings (SSSR count). The molecule has 2 aromatic carbocycles. The fourth-order valence-corrected chi connectivity index (χ4v) is 2.25. The average Bonchev–Trinajstić information content (AvgIpc) is 2.64. The molecule has 0 fully saturated rings. The summed E-state index contributed by atoms with van der Waals surface area (Å²) in [4.78, 5) is 14.1. The molecule has 0 spiro atoms. The summed E-state index contributed by atoms with van der Waals surface area (Å²) in [6, 6.07) is 16.5. The number of aromatic nitrogens is 2. The second kappa shape index (κ2) is 7.60. The van der Waals surface area contributed by atoms with E-state index in [2.05, 4.69) is 20.8 Å². The number of hydrogen-bond donors (Lipinski definition) is 2. The third kappa shape index (κ3) is 4.32. The summed E-state index contributed by atoms with van der Waals surface area (Å²) in [6.07, 6.45) is 0. The van der Waals surface area contributed by atoms with Crippen molar-refractivity contribution in [2.24, 2.45) is 0 Å². The zero-order valence-corrected chi connectivity index (χ0v) is 14.4. The summed E-state index contributed by atoms with van der Waals surface area (Å²) in [7, 11) is 3.96. The predicted octanol–water partition coefficient (Wildman–Crippen LogP) is 3.68. The monoisotopic (exact) mass is 351 g/mol. The van der Waals surface area contributed by atoms with Crippen LogP contribution in [-0.2, 0) is 0 Å². The smallest absolute Gasteiger partial charge is 0.256 e. The Hall–Kier alpha value is -3.48. The van der Waals surface area contributed by atoms with E-state index < -0.39 is 5.82 Å². The van der Waals surface area contributed by atoms with E-state index >= 15 is 0 Å². The highest BCUT2D eigenvalue weighted by atomic mass is 19.1. The quantitative estimate of drug-likeness (QED) is 0.734. The van der Waals surface area contributed by atoms with E-state index in [1.165, 1.54) is 24.3 Å². The molecule has 0 atom stereocenters. The Balaban J connectivity index is 1.62. The highest BCUT2D eigenvalue weighted by Crippen LogP contribution is 2.19. The van der Waals surface area contributed by atoms with Crippen LogP contribution in [0.3, 0.4) is 0 Å². The Morgan fingerprint density at radius 1 is 0.885 bits per heavy atom. The molecule has 0 aliphatic rings. The van der Waals surface area contributed by atoms with E-state index in [9.17, 15) is 9.18 Å². The lowest BCUT2D eigenvalue weighted by molar-refractivity contribution is 0.102. The second-order valence-electron chi connectivity index (χ2n) is 5.83. The molecule has 1 heterocycles. The van der Waals surface area contributed by atoms with Gasteiger partial charge in [-0.2, -0.15) is 0 Å². The van der Waals surface area contributed by atoms with Crippen molar-refractivity contribution >= 4 is 28.9 Å². The van der Waals surface area contributed by atoms with Gasteiger partial charge in [-0.3, -0.25) is 4.79 Å². The molecule has 26 heavy (non-hydrogen) atoms. The van der Waals surface area contributed by atoms with Crippen LogP contribution in [0.25, 0.3) is 0 Å². The van der Waals surface area contributed by atoms with Crippen molar-refractivity contribution in [3.8, 4) is 0 Å². The number of rotatable bonds is 5. The molecule has 1 aromatic heterocycles. The van der Waals surface area contributed by atoms with Crippen LogP contribution < -0.4 is 15.5 Å². The molecular weight excluding hydrogens is 333 g/mol. The lowest BCUT2D eigenvalue weighted by Crippen LogP contribution is -2.13. The minimum absolute atomic E-state index is 0.313. The number of anilines is 4. The summed E-state index contributed by atoms with van der Waals surface area (Å²) in [5, 5.41) is 13.8. The van der Waals surface area contributed by atoms with Gasteiger partial charge in [-0.25, -0.2) is 4.39 Å². The van der Waals surface area contributed by atoms with Crippen LogP contribution in [-0.4, -0.2) is 30.2 Å². The predicted molar refractivity (Wildman–Crippen MR) is 100 cm³/mol. The van der Waals surface area contributed by atoms with Crippen LogP contribution in [0, 0.1) is 5.82 Å². The van der Waals surface area contributed by atoms with Gasteiger partial charge in [0.05, 0.1) is 0 Å². The van der Waals surface area contributed by atoms with Crippen molar-refractivity contribution in [1.82, 2.24) is 10.2 Å². The summed E-state index contributed by atoms with van der Waals surface area (Å²) < 4.78 is 12.9. The fourth-order valence-electron chi connectivity index (χ4n) is 2.25. The third-order valence-corrected chi connectivity index (χ3v) is 3.67. The number of amides is 1. The molecule has 6 nitrogen and oxygen atoms in total. The highest BCUT2D eigenvalue weighted by molar-refractivity contribution is 6.03. The number of nitrogens with one attached hydrogen (secondary N) is 2. The largest absolute Gasteiger partial charge is 0.378 e. The van der Waals surface area contributed by atoms with Gasteiger partial charge in [0.1, 0.15) is 5.82 Å². The van der Waals surface area contributed by atoms with E-state index in [1.54, 1.807) is 12.1 Å². The first kappa shape index (κ1) is 17.3. The van der Waals surface area contributed by atoms with Crippen LogP contribution in [0.2, 0.25) is 0 Å². The first-order chi connectivity index (χ1) is 12.5. The van der Waals surface area contributed by atoms with E-state index in [0.717, 1.165) is 11.4 Å². The molecule has 7 heteroatoms. The molecule has 132 valence electrons. The molecule has 0 radical (unpaired) electrons. The van der Waals surface area contributed by atoms with E-state index in [1.807, 2.05) is 43.3 Å². The summed E-state index contributed by atoms with van der Waals surface area (Å²) in [5.41, 5.74) is 2.32. The maximum Gasteiger partial charge on any atom is 0.256 e. The molecule has 0 saturated carbocycles. The molecule has 0 aliphatic heterocycles. The van der Waals surface area contributed by atoms with E-state index in [0.29, 0.717) is 17.2 Å². The van der Waals surface area contributed by atoms with Crippen LogP contribution in [0.15, 0.2) is 60.7 Å². The number of hydrogen-bond acceptors (Lipinski definition) is 5. The van der Waals surface area contributed by atoms with Crippen molar-refractivity contribution < 1.29 is 9.18 Å². The van der Waals surface area contributed by atoms with Crippen molar-refractivity contribution in [3.05, 3.63) is 72.0 Å². The number of nitrogens with zero attached hydrogens (tertiary/aromatic N) is 3. The standard InChI is InChI=1S/C19H18FN5O/c1-25(2)16-9-7-15(8-10-16)21-17-11-12-18(24-23-17)22-19(26)13-3-5-14(20)6-4-13/h3-12H,1-2H3,(H,21,23)(H,22,24,26). The summed E-state index contributed by atoms with van der Waals surface area (Å²) in [6.45, 7) is 0. The van der Waals surface area contributed by atoms with Gasteiger partial charge in [-0.05, 0) is 60.7 Å². The van der Waals surface area contributed by atoms with E-state index in [4.69, 9.17) is 0 Å². The third-order valence-electron chi connectivity index (χ3n) is 3.67. The maximum atomic E-state index is 12.9. The first-order valence-electron chi connectivity index (χ1n) is 7.96. The summed E-state index contributed by atoms with van der Waals surface area (Å²) in [5.74, 6) is 0.102. The van der Waals surface area contributed by atoms with Crippen molar-refractivity contribution in [3.63, 3.8) is 0 Å². The van der Waals surface area contributed by atoms with Gasteiger partial charge in [0, 0.05) is 31.0 Å². The Kier molecular flexibility index (Phi) is 5.07. The van der Waals surface area contributed by atoms with Gasteiger partial charge >= 0.3 is 0 Å². The maximum absolute atomic E-state index is 12.9. The SMILES string of the molecule is CN(C)c1ccc(Nc2ccc(NC(=O)c3ccc(F)cc3)nn2)cc1. The van der Waals surface area contributed by atoms with Crippen molar-refractivity contribution in [2.45, 2.75) is 0 Å². The summed E-state index contributed by atoms with van der Waals surface area (Å²) >= 11 is 0. The number of carbonyl (C=O) groups is 1. The Labute approximate surface area is 150 Å². The highest BCUT2D eigenvalue weighted by Gasteiger charge is 2.07. The molecular formula is C19H18FN5O. The normalized spacial score (nSPS) is 10.3. The second-order valence-corrected chi connectivity index (χ2v) is 5.83. The zero-order chi connectivity index (χ0) is 18.5. The topological polar surface area (TPSA) is 70.2 Å². The molecule has 0 aliphatic carbocycles. The van der Waals surface area contributed by atoms with Crippen molar-refractivity contribution in [1.29, 1.82) is 0 Å². The minimum atomic E-state index is -0.393. The number of halogens is 1. The van der Waals surface area contributed by atoms with Gasteiger partial charge in [0.15, 0.2) is 11.6 Å². The van der Waals surface area contributed by atoms with Crippen molar-refractivity contribution in [2.75, 3.05) is 29.6 Å². The fraction of sp³-hybridized carbons (Fsp3) is 0.105. The van der Waals surface area contributed by atoms with Gasteiger partial charge < -0.3 is 15.5 Å². The molecule has 3 aromatic rings. The lowest BCUT2D eigenvalue weighted by atomic mass is 10.2. The average molecular weight is 351 g/mol.